The zero-order valence-corrected chi connectivity index (χ0v) is 10.1. The number of benzene rings is 1. The molecule has 0 heterocycles. The highest BCUT2D eigenvalue weighted by molar-refractivity contribution is 6.30. The minimum Gasteiger partial charge on any atom is -0.374 e. The van der Waals surface area contributed by atoms with Crippen molar-refractivity contribution in [3.05, 3.63) is 28.8 Å². The highest BCUT2D eigenvalue weighted by Crippen LogP contribution is 2.22. The van der Waals surface area contributed by atoms with E-state index in [1.54, 1.807) is 0 Å². The maximum atomic E-state index is 5.89. The first-order valence-corrected chi connectivity index (χ1v) is 5.59. The van der Waals surface area contributed by atoms with Gasteiger partial charge in [0.05, 0.1) is 0 Å². The molecule has 3 heteroatoms. The van der Waals surface area contributed by atoms with E-state index in [1.165, 1.54) is 11.3 Å². The number of nitrogens with zero attached hydrogens (tertiary/aromatic N) is 1. The molecule has 0 radical (unpaired) electrons. The molecule has 14 heavy (non-hydrogen) atoms. The number of halogens is 2. The molecule has 0 saturated carbocycles. The van der Waals surface area contributed by atoms with E-state index in [0.29, 0.717) is 5.88 Å². The Morgan fingerprint density at radius 1 is 1.36 bits per heavy atom. The number of rotatable bonds is 4. The predicted molar refractivity (Wildman–Crippen MR) is 64.8 cm³/mol. The largest absolute Gasteiger partial charge is 0.374 e. The fourth-order valence-electron chi connectivity index (χ4n) is 1.46. The lowest BCUT2D eigenvalue weighted by Gasteiger charge is -2.21. The van der Waals surface area contributed by atoms with E-state index in [2.05, 4.69) is 18.9 Å². The molecule has 1 aromatic rings. The average molecular weight is 232 g/mol. The maximum Gasteiger partial charge on any atom is 0.0410 e. The molecule has 0 bridgehead atoms. The fourth-order valence-corrected chi connectivity index (χ4v) is 1.81. The first-order valence-electron chi connectivity index (χ1n) is 4.68. The smallest absolute Gasteiger partial charge is 0.0410 e. The van der Waals surface area contributed by atoms with Gasteiger partial charge in [-0.3, -0.25) is 0 Å². The highest BCUT2D eigenvalue weighted by atomic mass is 35.5. The van der Waals surface area contributed by atoms with E-state index in [-0.39, 0.29) is 0 Å². The van der Waals surface area contributed by atoms with Crippen molar-refractivity contribution in [1.29, 1.82) is 0 Å². The normalized spacial score (nSPS) is 10.3. The van der Waals surface area contributed by atoms with Crippen LogP contribution in [0.3, 0.4) is 0 Å². The van der Waals surface area contributed by atoms with Crippen LogP contribution in [0.5, 0.6) is 0 Å². The summed E-state index contributed by atoms with van der Waals surface area (Å²) in [6.07, 6.45) is 1.00. The number of hydrogen-bond donors (Lipinski definition) is 0. The van der Waals surface area contributed by atoms with Crippen molar-refractivity contribution in [2.75, 3.05) is 24.4 Å². The molecule has 0 aliphatic carbocycles. The third kappa shape index (κ3) is 3.07. The molecule has 78 valence electrons. The molecule has 0 fully saturated rings. The molecule has 0 spiro atoms. The van der Waals surface area contributed by atoms with Crippen LogP contribution in [0.1, 0.15) is 12.0 Å². The van der Waals surface area contributed by atoms with Crippen LogP contribution in [0.15, 0.2) is 18.2 Å². The summed E-state index contributed by atoms with van der Waals surface area (Å²) < 4.78 is 0. The molecular formula is C11H15Cl2N. The lowest BCUT2D eigenvalue weighted by Crippen LogP contribution is -2.19. The Morgan fingerprint density at radius 2 is 2.07 bits per heavy atom. The molecule has 1 rings (SSSR count). The second-order valence-corrected chi connectivity index (χ2v) is 4.21. The second-order valence-electron chi connectivity index (χ2n) is 3.39. The molecule has 0 aliphatic heterocycles. The van der Waals surface area contributed by atoms with Crippen molar-refractivity contribution in [3.63, 3.8) is 0 Å². The van der Waals surface area contributed by atoms with Gasteiger partial charge in [-0.2, -0.15) is 0 Å². The molecule has 0 aliphatic rings. The van der Waals surface area contributed by atoms with Gasteiger partial charge in [-0.1, -0.05) is 11.6 Å². The van der Waals surface area contributed by atoms with Gasteiger partial charge in [0.25, 0.3) is 0 Å². The van der Waals surface area contributed by atoms with E-state index in [0.717, 1.165) is 18.0 Å². The molecule has 0 N–H and O–H groups in total. The molecule has 1 nitrogen and oxygen atoms in total. The lowest BCUT2D eigenvalue weighted by atomic mass is 10.2. The Kier molecular flexibility index (Phi) is 4.56. The number of hydrogen-bond acceptors (Lipinski definition) is 1. The van der Waals surface area contributed by atoms with Crippen molar-refractivity contribution >= 4 is 28.9 Å². The summed E-state index contributed by atoms with van der Waals surface area (Å²) in [5, 5.41) is 0.789. The van der Waals surface area contributed by atoms with E-state index < -0.39 is 0 Å². The van der Waals surface area contributed by atoms with Crippen molar-refractivity contribution in [2.24, 2.45) is 0 Å². The van der Waals surface area contributed by atoms with Crippen LogP contribution in [0, 0.1) is 6.92 Å². The molecule has 0 atom stereocenters. The van der Waals surface area contributed by atoms with Gasteiger partial charge < -0.3 is 4.90 Å². The quantitative estimate of drug-likeness (QED) is 0.715. The summed E-state index contributed by atoms with van der Waals surface area (Å²) in [4.78, 5) is 2.20. The standard InChI is InChI=1S/C11H15Cl2N/c1-9-8-10(13)4-5-11(9)14(2)7-3-6-12/h4-5,8H,3,6-7H2,1-2H3. The van der Waals surface area contributed by atoms with Crippen molar-refractivity contribution in [1.82, 2.24) is 0 Å². The van der Waals surface area contributed by atoms with Crippen LogP contribution in [0.25, 0.3) is 0 Å². The highest BCUT2D eigenvalue weighted by Gasteiger charge is 2.03. The summed E-state index contributed by atoms with van der Waals surface area (Å²) in [6.45, 7) is 3.05. The van der Waals surface area contributed by atoms with E-state index in [1.807, 2.05) is 18.2 Å². The molecule has 0 amide bonds. The molecule has 1 aromatic carbocycles. The van der Waals surface area contributed by atoms with Crippen LogP contribution in [-0.4, -0.2) is 19.5 Å². The Hall–Kier alpha value is -0.400. The third-order valence-electron chi connectivity index (χ3n) is 2.20. The zero-order chi connectivity index (χ0) is 10.6. The van der Waals surface area contributed by atoms with E-state index >= 15 is 0 Å². The fraction of sp³-hybridized carbons (Fsp3) is 0.455. The van der Waals surface area contributed by atoms with Crippen LogP contribution < -0.4 is 4.90 Å². The van der Waals surface area contributed by atoms with Gasteiger partial charge in [-0.15, -0.1) is 11.6 Å². The number of alkyl halides is 1. The summed E-state index contributed by atoms with van der Waals surface area (Å²) >= 11 is 11.5. The van der Waals surface area contributed by atoms with Crippen LogP contribution in [0.2, 0.25) is 5.02 Å². The Balaban J connectivity index is 2.74. The zero-order valence-electron chi connectivity index (χ0n) is 8.56. The van der Waals surface area contributed by atoms with Gasteiger partial charge in [0, 0.05) is 30.2 Å². The Bertz CT molecular complexity index is 299. The summed E-state index contributed by atoms with van der Waals surface area (Å²) in [5.74, 6) is 0.705. The van der Waals surface area contributed by atoms with Crippen LogP contribution >= 0.6 is 23.2 Å². The third-order valence-corrected chi connectivity index (χ3v) is 2.70. The van der Waals surface area contributed by atoms with Gasteiger partial charge in [0.1, 0.15) is 0 Å². The molecular weight excluding hydrogens is 217 g/mol. The lowest BCUT2D eigenvalue weighted by molar-refractivity contribution is 0.853. The summed E-state index contributed by atoms with van der Waals surface area (Å²) in [7, 11) is 2.07. The molecule has 0 aromatic heterocycles. The minimum absolute atomic E-state index is 0.705. The molecule has 0 unspecified atom stereocenters. The Morgan fingerprint density at radius 3 is 2.64 bits per heavy atom. The average Bonchev–Trinajstić information content (AvgIpc) is 2.14. The minimum atomic E-state index is 0.705. The van der Waals surface area contributed by atoms with Crippen LogP contribution in [0.4, 0.5) is 5.69 Å². The van der Waals surface area contributed by atoms with E-state index in [9.17, 15) is 0 Å². The maximum absolute atomic E-state index is 5.89. The van der Waals surface area contributed by atoms with E-state index in [4.69, 9.17) is 23.2 Å². The second kappa shape index (κ2) is 5.47. The first-order chi connectivity index (χ1) is 6.65. The van der Waals surface area contributed by atoms with Gasteiger partial charge in [-0.25, -0.2) is 0 Å². The van der Waals surface area contributed by atoms with Crippen molar-refractivity contribution in [2.45, 2.75) is 13.3 Å². The topological polar surface area (TPSA) is 3.24 Å². The monoisotopic (exact) mass is 231 g/mol. The summed E-state index contributed by atoms with van der Waals surface area (Å²) in [6, 6.07) is 5.95. The number of aryl methyl sites for hydroxylation is 1. The van der Waals surface area contributed by atoms with Gasteiger partial charge >= 0.3 is 0 Å². The SMILES string of the molecule is Cc1cc(Cl)ccc1N(C)CCCCl. The number of anilines is 1. The van der Waals surface area contributed by atoms with Crippen molar-refractivity contribution in [3.8, 4) is 0 Å². The molecule has 0 saturated heterocycles. The first kappa shape index (κ1) is 11.7. The van der Waals surface area contributed by atoms with Gasteiger partial charge in [-0.05, 0) is 37.1 Å². The van der Waals surface area contributed by atoms with Crippen LogP contribution in [-0.2, 0) is 0 Å². The Labute approximate surface area is 95.6 Å². The predicted octanol–water partition coefficient (Wildman–Crippen LogP) is 3.71. The van der Waals surface area contributed by atoms with Gasteiger partial charge in [0.15, 0.2) is 0 Å². The van der Waals surface area contributed by atoms with Crippen molar-refractivity contribution < 1.29 is 0 Å². The van der Waals surface area contributed by atoms with Gasteiger partial charge in [0.2, 0.25) is 0 Å². The summed E-state index contributed by atoms with van der Waals surface area (Å²) in [5.41, 5.74) is 2.43.